The maximum atomic E-state index is 12.3. The molecule has 1 amide bonds. The molecular weight excluding hydrogens is 292 g/mol. The molecule has 0 spiro atoms. The highest BCUT2D eigenvalue weighted by Gasteiger charge is 2.17. The molecule has 0 bridgehead atoms. The maximum absolute atomic E-state index is 12.3. The number of rotatable bonds is 5. The lowest BCUT2D eigenvalue weighted by molar-refractivity contribution is 0.0911. The summed E-state index contributed by atoms with van der Waals surface area (Å²) in [5.41, 5.74) is 2.44. The molecule has 2 heterocycles. The number of aromatic nitrogens is 3. The standard InChI is InChI=1S/C17H16N4O2/c22-11-16(12-6-2-1-3-7-12)19-17(23)15-10-14(20-21-15)13-8-4-5-9-18-13/h1-10,16,22H,11H2,(H,19,23)(H,20,21)/t16-/m1/s1. The molecule has 1 aromatic carbocycles. The molecule has 2 aromatic heterocycles. The molecule has 0 saturated heterocycles. The van der Waals surface area contributed by atoms with Gasteiger partial charge in [-0.25, -0.2) is 0 Å². The Bertz CT molecular complexity index is 772. The average Bonchev–Trinajstić information content (AvgIpc) is 3.11. The molecule has 6 heteroatoms. The zero-order valence-electron chi connectivity index (χ0n) is 12.3. The summed E-state index contributed by atoms with van der Waals surface area (Å²) in [5.74, 6) is -0.331. The molecule has 0 aliphatic rings. The van der Waals surface area contributed by atoms with E-state index in [0.717, 1.165) is 5.56 Å². The third kappa shape index (κ3) is 3.44. The Morgan fingerprint density at radius 3 is 2.61 bits per heavy atom. The number of carbonyl (C=O) groups is 1. The minimum Gasteiger partial charge on any atom is -0.394 e. The molecule has 1 atom stereocenters. The van der Waals surface area contributed by atoms with E-state index < -0.39 is 6.04 Å². The van der Waals surface area contributed by atoms with E-state index in [4.69, 9.17) is 0 Å². The lowest BCUT2D eigenvalue weighted by Gasteiger charge is -2.15. The van der Waals surface area contributed by atoms with Crippen molar-refractivity contribution in [2.45, 2.75) is 6.04 Å². The third-order valence-electron chi connectivity index (χ3n) is 3.44. The van der Waals surface area contributed by atoms with Gasteiger partial charge >= 0.3 is 0 Å². The number of hydrogen-bond donors (Lipinski definition) is 3. The minimum atomic E-state index is -0.467. The fourth-order valence-corrected chi connectivity index (χ4v) is 2.24. The van der Waals surface area contributed by atoms with E-state index in [1.807, 2.05) is 48.5 Å². The fourth-order valence-electron chi connectivity index (χ4n) is 2.24. The Labute approximate surface area is 133 Å². The highest BCUT2D eigenvalue weighted by molar-refractivity contribution is 5.93. The summed E-state index contributed by atoms with van der Waals surface area (Å²) in [4.78, 5) is 16.5. The molecule has 0 aliphatic carbocycles. The molecule has 0 radical (unpaired) electrons. The van der Waals surface area contributed by atoms with Gasteiger partial charge in [0.15, 0.2) is 0 Å². The van der Waals surface area contributed by atoms with Crippen molar-refractivity contribution in [2.75, 3.05) is 6.61 Å². The van der Waals surface area contributed by atoms with E-state index in [2.05, 4.69) is 20.5 Å². The SMILES string of the molecule is O=C(N[C@H](CO)c1ccccc1)c1cc(-c2ccccn2)n[nH]1. The first-order chi connectivity index (χ1) is 11.3. The topological polar surface area (TPSA) is 90.9 Å². The van der Waals surface area contributed by atoms with Crippen LogP contribution in [0.5, 0.6) is 0 Å². The molecule has 0 fully saturated rings. The minimum absolute atomic E-state index is 0.184. The van der Waals surface area contributed by atoms with Crippen molar-refractivity contribution in [1.29, 1.82) is 0 Å². The van der Waals surface area contributed by atoms with Gasteiger partial charge in [0.25, 0.3) is 5.91 Å². The first-order valence-electron chi connectivity index (χ1n) is 7.21. The molecule has 116 valence electrons. The Morgan fingerprint density at radius 2 is 1.91 bits per heavy atom. The lowest BCUT2D eigenvalue weighted by Crippen LogP contribution is -2.31. The number of amides is 1. The molecule has 23 heavy (non-hydrogen) atoms. The summed E-state index contributed by atoms with van der Waals surface area (Å²) in [6.07, 6.45) is 1.67. The van der Waals surface area contributed by atoms with Crippen LogP contribution >= 0.6 is 0 Å². The smallest absolute Gasteiger partial charge is 0.269 e. The van der Waals surface area contributed by atoms with Crippen molar-refractivity contribution < 1.29 is 9.90 Å². The highest BCUT2D eigenvalue weighted by atomic mass is 16.3. The van der Waals surface area contributed by atoms with Crippen molar-refractivity contribution in [2.24, 2.45) is 0 Å². The molecule has 3 N–H and O–H groups in total. The van der Waals surface area contributed by atoms with E-state index in [9.17, 15) is 9.90 Å². The van der Waals surface area contributed by atoms with Crippen LogP contribution < -0.4 is 5.32 Å². The number of hydrogen-bond acceptors (Lipinski definition) is 4. The maximum Gasteiger partial charge on any atom is 0.269 e. The first-order valence-corrected chi connectivity index (χ1v) is 7.21. The van der Waals surface area contributed by atoms with Crippen LogP contribution in [0.4, 0.5) is 0 Å². The van der Waals surface area contributed by atoms with Crippen LogP contribution in [0.3, 0.4) is 0 Å². The summed E-state index contributed by atoms with van der Waals surface area (Å²) in [6, 6.07) is 16.0. The Balaban J connectivity index is 1.75. The summed E-state index contributed by atoms with van der Waals surface area (Å²) >= 11 is 0. The molecule has 3 aromatic rings. The van der Waals surface area contributed by atoms with Crippen LogP contribution in [0, 0.1) is 0 Å². The predicted molar refractivity (Wildman–Crippen MR) is 85.6 cm³/mol. The number of pyridine rings is 1. The number of aliphatic hydroxyl groups is 1. The van der Waals surface area contributed by atoms with Crippen LogP contribution in [0.1, 0.15) is 22.1 Å². The normalized spacial score (nSPS) is 11.9. The summed E-state index contributed by atoms with van der Waals surface area (Å²) in [5, 5.41) is 19.1. The van der Waals surface area contributed by atoms with Crippen LogP contribution in [0.25, 0.3) is 11.4 Å². The molecule has 0 saturated carbocycles. The second-order valence-corrected chi connectivity index (χ2v) is 5.00. The highest BCUT2D eigenvalue weighted by Crippen LogP contribution is 2.16. The lowest BCUT2D eigenvalue weighted by atomic mass is 10.1. The molecule has 0 aliphatic heterocycles. The number of aromatic amines is 1. The van der Waals surface area contributed by atoms with E-state index in [0.29, 0.717) is 17.1 Å². The second-order valence-electron chi connectivity index (χ2n) is 5.00. The van der Waals surface area contributed by atoms with Gasteiger partial charge in [-0.15, -0.1) is 0 Å². The number of H-pyrrole nitrogens is 1. The zero-order valence-corrected chi connectivity index (χ0v) is 12.3. The summed E-state index contributed by atoms with van der Waals surface area (Å²) in [6.45, 7) is -0.184. The Hall–Kier alpha value is -2.99. The Kier molecular flexibility index (Phi) is 4.44. The second kappa shape index (κ2) is 6.85. The van der Waals surface area contributed by atoms with Crippen molar-refractivity contribution >= 4 is 5.91 Å². The first kappa shape index (κ1) is 14.9. The van der Waals surface area contributed by atoms with Gasteiger partial charge in [0.05, 0.1) is 18.3 Å². The largest absolute Gasteiger partial charge is 0.394 e. The zero-order chi connectivity index (χ0) is 16.1. The number of nitrogens with one attached hydrogen (secondary N) is 2. The van der Waals surface area contributed by atoms with Gasteiger partial charge in [-0.3, -0.25) is 14.9 Å². The van der Waals surface area contributed by atoms with Gasteiger partial charge in [-0.1, -0.05) is 36.4 Å². The number of aliphatic hydroxyl groups excluding tert-OH is 1. The summed E-state index contributed by atoms with van der Waals surface area (Å²) in [7, 11) is 0. The molecular formula is C17H16N4O2. The van der Waals surface area contributed by atoms with E-state index in [-0.39, 0.29) is 12.5 Å². The van der Waals surface area contributed by atoms with Crippen LogP contribution in [0.15, 0.2) is 60.8 Å². The number of benzene rings is 1. The molecule has 6 nitrogen and oxygen atoms in total. The predicted octanol–water partition coefficient (Wildman–Crippen LogP) is 1.94. The van der Waals surface area contributed by atoms with Crippen molar-refractivity contribution in [3.63, 3.8) is 0 Å². The average molecular weight is 308 g/mol. The fraction of sp³-hybridized carbons (Fsp3) is 0.118. The van der Waals surface area contributed by atoms with Crippen molar-refractivity contribution in [1.82, 2.24) is 20.5 Å². The third-order valence-corrected chi connectivity index (χ3v) is 3.44. The Morgan fingerprint density at radius 1 is 1.13 bits per heavy atom. The van der Waals surface area contributed by atoms with E-state index >= 15 is 0 Å². The monoisotopic (exact) mass is 308 g/mol. The van der Waals surface area contributed by atoms with E-state index in [1.165, 1.54) is 0 Å². The van der Waals surface area contributed by atoms with Gasteiger partial charge in [0, 0.05) is 6.20 Å². The molecule has 3 rings (SSSR count). The van der Waals surface area contributed by atoms with Crippen molar-refractivity contribution in [3.8, 4) is 11.4 Å². The number of carbonyl (C=O) groups excluding carboxylic acids is 1. The van der Waals surface area contributed by atoms with Crippen molar-refractivity contribution in [3.05, 3.63) is 72.1 Å². The molecule has 0 unspecified atom stereocenters. The number of nitrogens with zero attached hydrogens (tertiary/aromatic N) is 2. The van der Waals surface area contributed by atoms with Gasteiger partial charge < -0.3 is 10.4 Å². The quantitative estimate of drug-likeness (QED) is 0.672. The summed E-state index contributed by atoms with van der Waals surface area (Å²) < 4.78 is 0. The van der Waals surface area contributed by atoms with Gasteiger partial charge in [0.1, 0.15) is 11.4 Å². The van der Waals surface area contributed by atoms with Gasteiger partial charge in [-0.2, -0.15) is 5.10 Å². The van der Waals surface area contributed by atoms with E-state index in [1.54, 1.807) is 12.3 Å². The van der Waals surface area contributed by atoms with Gasteiger partial charge in [-0.05, 0) is 23.8 Å². The van der Waals surface area contributed by atoms with Crippen LogP contribution in [-0.2, 0) is 0 Å². The van der Waals surface area contributed by atoms with Crippen LogP contribution in [-0.4, -0.2) is 32.8 Å². The van der Waals surface area contributed by atoms with Crippen LogP contribution in [0.2, 0.25) is 0 Å². The van der Waals surface area contributed by atoms with Gasteiger partial charge in [0.2, 0.25) is 0 Å².